The third-order valence-corrected chi connectivity index (χ3v) is 6.56. The number of carbonyl (C=O) groups is 2. The molecule has 1 aliphatic heterocycles. The zero-order chi connectivity index (χ0) is 25.8. The summed E-state index contributed by atoms with van der Waals surface area (Å²) in [5.74, 6) is 0.239. The zero-order valence-electron chi connectivity index (χ0n) is 21.8. The molecule has 2 amide bonds. The van der Waals surface area contributed by atoms with Gasteiger partial charge in [0.15, 0.2) is 0 Å². The Kier molecular flexibility index (Phi) is 12.7. The van der Waals surface area contributed by atoms with Gasteiger partial charge in [-0.05, 0) is 37.2 Å². The van der Waals surface area contributed by atoms with Crippen molar-refractivity contribution >= 4 is 11.8 Å². The average molecular weight is 493 g/mol. The van der Waals surface area contributed by atoms with E-state index in [1.165, 1.54) is 14.0 Å². The normalized spacial score (nSPS) is 25.3. The number of carbonyl (C=O) groups excluding carboxylic acids is 2. The first-order chi connectivity index (χ1) is 16.7. The second-order valence-corrected chi connectivity index (χ2v) is 9.89. The van der Waals surface area contributed by atoms with Crippen LogP contribution in [0.5, 0.6) is 0 Å². The molecule has 0 radical (unpaired) electrons. The van der Waals surface area contributed by atoms with Crippen LogP contribution < -0.4 is 0 Å². The fraction of sp³-hybridized carbons (Fsp3) is 0.704. The molecule has 0 aliphatic carbocycles. The van der Waals surface area contributed by atoms with Gasteiger partial charge in [-0.1, -0.05) is 44.2 Å². The summed E-state index contributed by atoms with van der Waals surface area (Å²) in [4.78, 5) is 29.7. The molecule has 1 aliphatic rings. The van der Waals surface area contributed by atoms with Gasteiger partial charge in [0.05, 0.1) is 6.61 Å². The minimum Gasteiger partial charge on any atom is -0.388 e. The topological polar surface area (TPSA) is 99.5 Å². The van der Waals surface area contributed by atoms with Crippen LogP contribution in [0.4, 0.5) is 0 Å². The Hall–Kier alpha value is -2.00. The van der Waals surface area contributed by atoms with Crippen LogP contribution in [0.1, 0.15) is 52.0 Å². The molecule has 4 atom stereocenters. The third kappa shape index (κ3) is 9.88. The molecule has 8 nitrogen and oxygen atoms in total. The molecule has 1 heterocycles. The van der Waals surface area contributed by atoms with Crippen molar-refractivity contribution in [2.75, 3.05) is 40.0 Å². The summed E-state index contributed by atoms with van der Waals surface area (Å²) in [6.45, 7) is 7.17. The van der Waals surface area contributed by atoms with Crippen molar-refractivity contribution in [3.05, 3.63) is 35.9 Å². The molecule has 1 unspecified atom stereocenters. The van der Waals surface area contributed by atoms with Gasteiger partial charge in [-0.15, -0.1) is 0 Å². The van der Waals surface area contributed by atoms with Crippen LogP contribution in [0, 0.1) is 5.92 Å². The minimum absolute atomic E-state index is 0.0171. The van der Waals surface area contributed by atoms with Gasteiger partial charge in [0, 0.05) is 52.7 Å². The molecular formula is C27H44N2O6. The maximum absolute atomic E-state index is 13.5. The van der Waals surface area contributed by atoms with Crippen LogP contribution >= 0.6 is 0 Å². The lowest BCUT2D eigenvalue weighted by atomic mass is 9.99. The number of amides is 2. The van der Waals surface area contributed by atoms with E-state index in [-0.39, 0.29) is 31.0 Å². The van der Waals surface area contributed by atoms with E-state index < -0.39 is 18.3 Å². The maximum atomic E-state index is 13.5. The smallest absolute Gasteiger partial charge is 0.223 e. The summed E-state index contributed by atoms with van der Waals surface area (Å²) in [7, 11) is 1.45. The Morgan fingerprint density at radius 3 is 2.49 bits per heavy atom. The van der Waals surface area contributed by atoms with Crippen molar-refractivity contribution in [3.8, 4) is 0 Å². The summed E-state index contributed by atoms with van der Waals surface area (Å²) < 4.78 is 11.0. The Bertz CT molecular complexity index is 759. The summed E-state index contributed by atoms with van der Waals surface area (Å²) in [5.41, 5.74) is 1.12. The summed E-state index contributed by atoms with van der Waals surface area (Å²) >= 11 is 0. The highest BCUT2D eigenvalue weighted by molar-refractivity contribution is 5.77. The molecule has 1 saturated heterocycles. The first-order valence-corrected chi connectivity index (χ1v) is 12.8. The number of hydrogen-bond donors (Lipinski definition) is 2. The summed E-state index contributed by atoms with van der Waals surface area (Å²) in [5, 5.41) is 21.0. The molecule has 2 rings (SSSR count). The van der Waals surface area contributed by atoms with Crippen LogP contribution in [0.2, 0.25) is 0 Å². The standard InChI is InChI=1S/C27H44N2O6/c1-20(2)16-23-17-28(21(3)30)18-25(34-4)27(33)24(31)19-35-15-9-8-14-29(23)26(32)13-12-22-10-6-5-7-11-22/h5-7,10-11,20,23-25,27,31,33H,8-9,12-19H2,1-4H3/t23?,24-,25-,27-/m1/s1. The largest absolute Gasteiger partial charge is 0.388 e. The number of hydrogen-bond acceptors (Lipinski definition) is 6. The molecule has 0 bridgehead atoms. The SMILES string of the molecule is CO[C@@H]1CN(C(C)=O)CC(CC(C)C)N(C(=O)CCc2ccccc2)CCCCOC[C@@H](O)[C@H]1O. The first kappa shape index (κ1) is 29.2. The van der Waals surface area contributed by atoms with Gasteiger partial charge < -0.3 is 29.5 Å². The first-order valence-electron chi connectivity index (χ1n) is 12.8. The van der Waals surface area contributed by atoms with E-state index >= 15 is 0 Å². The highest BCUT2D eigenvalue weighted by atomic mass is 16.5. The van der Waals surface area contributed by atoms with Gasteiger partial charge in [0.25, 0.3) is 0 Å². The van der Waals surface area contributed by atoms with Crippen molar-refractivity contribution < 1.29 is 29.3 Å². The van der Waals surface area contributed by atoms with Crippen LogP contribution in [-0.4, -0.2) is 96.1 Å². The Morgan fingerprint density at radius 1 is 1.14 bits per heavy atom. The maximum Gasteiger partial charge on any atom is 0.223 e. The van der Waals surface area contributed by atoms with Crippen LogP contribution in [0.25, 0.3) is 0 Å². The van der Waals surface area contributed by atoms with E-state index in [0.717, 1.165) is 24.8 Å². The van der Waals surface area contributed by atoms with E-state index in [9.17, 15) is 19.8 Å². The summed E-state index contributed by atoms with van der Waals surface area (Å²) in [6.07, 6.45) is 0.217. The highest BCUT2D eigenvalue weighted by Gasteiger charge is 2.32. The molecule has 1 aromatic carbocycles. The van der Waals surface area contributed by atoms with Gasteiger partial charge in [-0.3, -0.25) is 9.59 Å². The lowest BCUT2D eigenvalue weighted by molar-refractivity contribution is -0.142. The van der Waals surface area contributed by atoms with Crippen LogP contribution in [0.15, 0.2) is 30.3 Å². The van der Waals surface area contributed by atoms with Crippen molar-refractivity contribution in [1.29, 1.82) is 0 Å². The molecule has 0 saturated carbocycles. The molecule has 2 N–H and O–H groups in total. The molecule has 1 fully saturated rings. The number of methoxy groups -OCH3 is 1. The van der Waals surface area contributed by atoms with Crippen molar-refractivity contribution in [3.63, 3.8) is 0 Å². The van der Waals surface area contributed by atoms with Gasteiger partial charge >= 0.3 is 0 Å². The number of ether oxygens (including phenoxy) is 2. The van der Waals surface area contributed by atoms with E-state index in [2.05, 4.69) is 13.8 Å². The fourth-order valence-electron chi connectivity index (χ4n) is 4.56. The zero-order valence-corrected chi connectivity index (χ0v) is 21.8. The highest BCUT2D eigenvalue weighted by Crippen LogP contribution is 2.19. The number of benzene rings is 1. The second kappa shape index (κ2) is 15.2. The molecular weight excluding hydrogens is 448 g/mol. The van der Waals surface area contributed by atoms with Crippen molar-refractivity contribution in [2.45, 2.75) is 77.2 Å². The predicted molar refractivity (Wildman–Crippen MR) is 135 cm³/mol. The quantitative estimate of drug-likeness (QED) is 0.632. The predicted octanol–water partition coefficient (Wildman–Crippen LogP) is 2.26. The monoisotopic (exact) mass is 492 g/mol. The van der Waals surface area contributed by atoms with Gasteiger partial charge in [0.1, 0.15) is 18.3 Å². The Balaban J connectivity index is 2.28. The van der Waals surface area contributed by atoms with E-state index in [4.69, 9.17) is 9.47 Å². The van der Waals surface area contributed by atoms with Crippen LogP contribution in [-0.2, 0) is 25.5 Å². The molecule has 1 aromatic rings. The average Bonchev–Trinajstić information content (AvgIpc) is 2.83. The molecule has 8 heteroatoms. The van der Waals surface area contributed by atoms with Crippen molar-refractivity contribution in [2.24, 2.45) is 5.92 Å². The van der Waals surface area contributed by atoms with Crippen LogP contribution in [0.3, 0.4) is 0 Å². The summed E-state index contributed by atoms with van der Waals surface area (Å²) in [6, 6.07) is 9.82. The van der Waals surface area contributed by atoms with E-state index in [1.807, 2.05) is 35.2 Å². The minimum atomic E-state index is -1.20. The lowest BCUT2D eigenvalue weighted by Crippen LogP contribution is -2.53. The molecule has 0 spiro atoms. The second-order valence-electron chi connectivity index (χ2n) is 9.89. The Labute approximate surface area is 210 Å². The molecule has 0 aromatic heterocycles. The number of aliphatic hydroxyl groups excluding tert-OH is 2. The van der Waals surface area contributed by atoms with E-state index in [0.29, 0.717) is 38.5 Å². The Morgan fingerprint density at radius 2 is 1.86 bits per heavy atom. The van der Waals surface area contributed by atoms with Gasteiger partial charge in [0.2, 0.25) is 11.8 Å². The molecule has 35 heavy (non-hydrogen) atoms. The van der Waals surface area contributed by atoms with Gasteiger partial charge in [-0.25, -0.2) is 0 Å². The fourth-order valence-corrected chi connectivity index (χ4v) is 4.56. The lowest BCUT2D eigenvalue weighted by Gasteiger charge is -2.38. The molecule has 198 valence electrons. The van der Waals surface area contributed by atoms with Crippen molar-refractivity contribution in [1.82, 2.24) is 9.80 Å². The number of aryl methyl sites for hydroxylation is 1. The van der Waals surface area contributed by atoms with Gasteiger partial charge in [-0.2, -0.15) is 0 Å². The number of nitrogens with zero attached hydrogens (tertiary/aromatic N) is 2. The number of aliphatic hydroxyl groups is 2. The number of rotatable bonds is 6. The van der Waals surface area contributed by atoms with E-state index in [1.54, 1.807) is 4.90 Å². The third-order valence-electron chi connectivity index (χ3n) is 6.56.